The first-order valence-electron chi connectivity index (χ1n) is 9.19. The van der Waals surface area contributed by atoms with Gasteiger partial charge in [-0.25, -0.2) is 9.97 Å². The molecule has 1 amide bonds. The molecule has 0 atom stereocenters. The summed E-state index contributed by atoms with van der Waals surface area (Å²) >= 11 is 2.96. The second-order valence-electron chi connectivity index (χ2n) is 6.43. The SMILES string of the molecule is COc1ccc(OC)c(NC(=O)CSc2ncnc3nc(N4CCCC4)sc23)c1. The van der Waals surface area contributed by atoms with Crippen LogP contribution in [-0.4, -0.2) is 53.9 Å². The summed E-state index contributed by atoms with van der Waals surface area (Å²) in [6, 6.07) is 5.27. The Balaban J connectivity index is 1.46. The van der Waals surface area contributed by atoms with Gasteiger partial charge in [-0.05, 0) is 25.0 Å². The van der Waals surface area contributed by atoms with Gasteiger partial charge in [-0.2, -0.15) is 4.98 Å². The molecule has 3 heterocycles. The van der Waals surface area contributed by atoms with Crippen LogP contribution in [0.15, 0.2) is 29.6 Å². The molecule has 2 aromatic heterocycles. The number of carbonyl (C=O) groups excluding carboxylic acids is 1. The van der Waals surface area contributed by atoms with Crippen molar-refractivity contribution in [1.82, 2.24) is 15.0 Å². The monoisotopic (exact) mass is 431 g/mol. The topological polar surface area (TPSA) is 89.5 Å². The Labute approximate surface area is 176 Å². The van der Waals surface area contributed by atoms with Crippen LogP contribution in [0.4, 0.5) is 10.8 Å². The highest BCUT2D eigenvalue weighted by atomic mass is 32.2. The van der Waals surface area contributed by atoms with Gasteiger partial charge in [0.05, 0.1) is 25.7 Å². The van der Waals surface area contributed by atoms with Crippen LogP contribution in [0.25, 0.3) is 10.3 Å². The molecule has 152 valence electrons. The Hall–Kier alpha value is -2.59. The number of carbonyl (C=O) groups is 1. The number of thiazole rings is 1. The Morgan fingerprint density at radius 3 is 2.83 bits per heavy atom. The van der Waals surface area contributed by atoms with Crippen LogP contribution >= 0.6 is 23.1 Å². The van der Waals surface area contributed by atoms with Crippen LogP contribution in [0.1, 0.15) is 12.8 Å². The number of thioether (sulfide) groups is 1. The summed E-state index contributed by atoms with van der Waals surface area (Å²) in [5, 5.41) is 4.62. The molecule has 0 saturated carbocycles. The minimum absolute atomic E-state index is 0.155. The summed E-state index contributed by atoms with van der Waals surface area (Å²) < 4.78 is 11.5. The van der Waals surface area contributed by atoms with Crippen LogP contribution in [-0.2, 0) is 4.79 Å². The van der Waals surface area contributed by atoms with E-state index in [0.717, 1.165) is 27.9 Å². The number of fused-ring (bicyclic) bond motifs is 1. The molecule has 1 N–H and O–H groups in total. The summed E-state index contributed by atoms with van der Waals surface area (Å²) in [6.07, 6.45) is 3.88. The second-order valence-corrected chi connectivity index (χ2v) is 8.37. The van der Waals surface area contributed by atoms with Crippen LogP contribution in [0, 0.1) is 0 Å². The van der Waals surface area contributed by atoms with Gasteiger partial charge in [0.15, 0.2) is 10.8 Å². The lowest BCUT2D eigenvalue weighted by molar-refractivity contribution is -0.113. The van der Waals surface area contributed by atoms with E-state index in [1.165, 1.54) is 30.9 Å². The van der Waals surface area contributed by atoms with E-state index in [1.54, 1.807) is 43.8 Å². The minimum Gasteiger partial charge on any atom is -0.497 e. The molecule has 1 fully saturated rings. The predicted molar refractivity (Wildman–Crippen MR) is 116 cm³/mol. The van der Waals surface area contributed by atoms with Crippen molar-refractivity contribution >= 4 is 50.2 Å². The third kappa shape index (κ3) is 4.38. The summed E-state index contributed by atoms with van der Waals surface area (Å²) in [5.41, 5.74) is 1.25. The quantitative estimate of drug-likeness (QED) is 0.450. The van der Waals surface area contributed by atoms with Crippen molar-refractivity contribution < 1.29 is 14.3 Å². The fourth-order valence-corrected chi connectivity index (χ4v) is 5.04. The zero-order valence-electron chi connectivity index (χ0n) is 16.2. The Bertz CT molecular complexity index is 1020. The fourth-order valence-electron chi connectivity index (χ4n) is 3.10. The lowest BCUT2D eigenvalue weighted by Crippen LogP contribution is -2.16. The Morgan fingerprint density at radius 2 is 2.07 bits per heavy atom. The third-order valence-corrected chi connectivity index (χ3v) is 6.78. The van der Waals surface area contributed by atoms with E-state index in [2.05, 4.69) is 25.2 Å². The number of amides is 1. The summed E-state index contributed by atoms with van der Waals surface area (Å²) in [4.78, 5) is 28.1. The molecule has 1 aliphatic rings. The van der Waals surface area contributed by atoms with Gasteiger partial charge in [0.1, 0.15) is 27.6 Å². The predicted octanol–water partition coefficient (Wildman–Crippen LogP) is 3.43. The van der Waals surface area contributed by atoms with Crippen molar-refractivity contribution in [3.63, 3.8) is 0 Å². The van der Waals surface area contributed by atoms with Crippen molar-refractivity contribution in [2.45, 2.75) is 17.9 Å². The van der Waals surface area contributed by atoms with Crippen molar-refractivity contribution in [2.75, 3.05) is 43.3 Å². The molecule has 3 aromatic rings. The van der Waals surface area contributed by atoms with Gasteiger partial charge < -0.3 is 19.7 Å². The number of anilines is 2. The van der Waals surface area contributed by atoms with E-state index in [0.29, 0.717) is 22.8 Å². The van der Waals surface area contributed by atoms with Gasteiger partial charge >= 0.3 is 0 Å². The molecule has 1 saturated heterocycles. The lowest BCUT2D eigenvalue weighted by atomic mass is 10.2. The van der Waals surface area contributed by atoms with E-state index >= 15 is 0 Å². The highest BCUT2D eigenvalue weighted by molar-refractivity contribution is 8.00. The summed E-state index contributed by atoms with van der Waals surface area (Å²) in [5.74, 6) is 1.28. The standard InChI is InChI=1S/C19H21N5O3S2/c1-26-12-5-6-14(27-2)13(9-12)22-15(25)10-28-18-16-17(20-11-21-18)23-19(29-16)24-7-3-4-8-24/h5-6,9,11H,3-4,7-8,10H2,1-2H3,(H,22,25). The van der Waals surface area contributed by atoms with Crippen molar-refractivity contribution in [2.24, 2.45) is 0 Å². The maximum atomic E-state index is 12.5. The van der Waals surface area contributed by atoms with E-state index in [-0.39, 0.29) is 11.7 Å². The molecule has 29 heavy (non-hydrogen) atoms. The number of aromatic nitrogens is 3. The van der Waals surface area contributed by atoms with Gasteiger partial charge in [0, 0.05) is 19.2 Å². The molecule has 4 rings (SSSR count). The lowest BCUT2D eigenvalue weighted by Gasteiger charge is -2.12. The van der Waals surface area contributed by atoms with Gasteiger partial charge in [0.2, 0.25) is 5.91 Å². The van der Waals surface area contributed by atoms with Crippen molar-refractivity contribution in [3.05, 3.63) is 24.5 Å². The molecule has 0 spiro atoms. The fraction of sp³-hybridized carbons (Fsp3) is 0.368. The van der Waals surface area contributed by atoms with E-state index in [4.69, 9.17) is 9.47 Å². The first kappa shape index (κ1) is 19.7. The number of nitrogens with one attached hydrogen (secondary N) is 1. The summed E-state index contributed by atoms with van der Waals surface area (Å²) in [7, 11) is 3.14. The van der Waals surface area contributed by atoms with Crippen LogP contribution in [0.3, 0.4) is 0 Å². The zero-order valence-corrected chi connectivity index (χ0v) is 17.8. The maximum Gasteiger partial charge on any atom is 0.234 e. The molecule has 0 radical (unpaired) electrons. The van der Waals surface area contributed by atoms with Crippen LogP contribution < -0.4 is 19.7 Å². The molecule has 1 aliphatic heterocycles. The number of methoxy groups -OCH3 is 2. The molecule has 1 aromatic carbocycles. The molecule has 0 bridgehead atoms. The number of ether oxygens (including phenoxy) is 2. The number of benzene rings is 1. The molecule has 0 aliphatic carbocycles. The Morgan fingerprint density at radius 1 is 1.24 bits per heavy atom. The van der Waals surface area contributed by atoms with Gasteiger partial charge in [-0.15, -0.1) is 0 Å². The van der Waals surface area contributed by atoms with E-state index in [1.807, 2.05) is 0 Å². The highest BCUT2D eigenvalue weighted by Crippen LogP contribution is 2.35. The van der Waals surface area contributed by atoms with Gasteiger partial charge in [0.25, 0.3) is 0 Å². The van der Waals surface area contributed by atoms with E-state index < -0.39 is 0 Å². The van der Waals surface area contributed by atoms with Crippen molar-refractivity contribution in [3.8, 4) is 11.5 Å². The smallest absolute Gasteiger partial charge is 0.234 e. The second kappa shape index (κ2) is 8.83. The highest BCUT2D eigenvalue weighted by Gasteiger charge is 2.19. The molecular weight excluding hydrogens is 410 g/mol. The minimum atomic E-state index is -0.155. The normalized spacial score (nSPS) is 13.7. The first-order chi connectivity index (χ1) is 14.2. The number of rotatable bonds is 7. The third-order valence-electron chi connectivity index (χ3n) is 4.54. The van der Waals surface area contributed by atoms with Gasteiger partial charge in [-0.1, -0.05) is 23.1 Å². The van der Waals surface area contributed by atoms with Crippen molar-refractivity contribution in [1.29, 1.82) is 0 Å². The molecule has 0 unspecified atom stereocenters. The first-order valence-corrected chi connectivity index (χ1v) is 11.0. The molecular formula is C19H21N5O3S2. The average molecular weight is 432 g/mol. The largest absolute Gasteiger partial charge is 0.497 e. The average Bonchev–Trinajstić information content (AvgIpc) is 3.41. The van der Waals surface area contributed by atoms with Crippen LogP contribution in [0.2, 0.25) is 0 Å². The maximum absolute atomic E-state index is 12.5. The van der Waals surface area contributed by atoms with Gasteiger partial charge in [-0.3, -0.25) is 4.79 Å². The molecule has 8 nitrogen and oxygen atoms in total. The zero-order chi connectivity index (χ0) is 20.2. The number of hydrogen-bond acceptors (Lipinski definition) is 9. The van der Waals surface area contributed by atoms with E-state index in [9.17, 15) is 4.79 Å². The summed E-state index contributed by atoms with van der Waals surface area (Å²) in [6.45, 7) is 2.06. The van der Waals surface area contributed by atoms with Crippen LogP contribution in [0.5, 0.6) is 11.5 Å². The molecule has 10 heteroatoms. The number of nitrogens with zero attached hydrogens (tertiary/aromatic N) is 4. The Kier molecular flexibility index (Phi) is 6.00. The number of hydrogen-bond donors (Lipinski definition) is 1.